The Morgan fingerprint density at radius 3 is 2.58 bits per heavy atom. The molecule has 122 valence electrons. The SMILES string of the molecule is CS(=O)(=O)c1cccc(C(=O)Nc2ccc3oc(=O)ccc3c2)c1. The minimum absolute atomic E-state index is 0.0791. The quantitative estimate of drug-likeness (QED) is 0.737. The van der Waals surface area contributed by atoms with Crippen molar-refractivity contribution in [3.05, 3.63) is 70.6 Å². The van der Waals surface area contributed by atoms with Gasteiger partial charge in [-0.15, -0.1) is 0 Å². The van der Waals surface area contributed by atoms with E-state index in [9.17, 15) is 18.0 Å². The van der Waals surface area contributed by atoms with Crippen LogP contribution in [0, 0.1) is 0 Å². The minimum Gasteiger partial charge on any atom is -0.423 e. The lowest BCUT2D eigenvalue weighted by Crippen LogP contribution is -2.12. The molecule has 0 aliphatic heterocycles. The van der Waals surface area contributed by atoms with E-state index in [-0.39, 0.29) is 10.5 Å². The predicted molar refractivity (Wildman–Crippen MR) is 90.0 cm³/mol. The van der Waals surface area contributed by atoms with E-state index in [1.165, 1.54) is 30.3 Å². The summed E-state index contributed by atoms with van der Waals surface area (Å²) in [5, 5.41) is 3.35. The van der Waals surface area contributed by atoms with Crippen LogP contribution in [0.2, 0.25) is 0 Å². The number of sulfone groups is 1. The highest BCUT2D eigenvalue weighted by atomic mass is 32.2. The molecule has 2 aromatic carbocycles. The first-order valence-corrected chi connectivity index (χ1v) is 8.87. The van der Waals surface area contributed by atoms with Gasteiger partial charge < -0.3 is 9.73 Å². The van der Waals surface area contributed by atoms with E-state index < -0.39 is 21.4 Å². The van der Waals surface area contributed by atoms with Crippen molar-refractivity contribution in [2.45, 2.75) is 4.90 Å². The van der Waals surface area contributed by atoms with Gasteiger partial charge in [0.2, 0.25) is 0 Å². The maximum absolute atomic E-state index is 12.3. The van der Waals surface area contributed by atoms with Gasteiger partial charge in [-0.2, -0.15) is 0 Å². The second kappa shape index (κ2) is 5.93. The van der Waals surface area contributed by atoms with Gasteiger partial charge in [0.1, 0.15) is 5.58 Å². The van der Waals surface area contributed by atoms with Crippen molar-refractivity contribution in [2.75, 3.05) is 11.6 Å². The standard InChI is InChI=1S/C17H13NO5S/c1-24(21,22)14-4-2-3-12(10-14)17(20)18-13-6-7-15-11(9-13)5-8-16(19)23-15/h2-10H,1H3,(H,18,20). The summed E-state index contributed by atoms with van der Waals surface area (Å²) in [5.41, 5.74) is 0.708. The Morgan fingerprint density at radius 2 is 1.83 bits per heavy atom. The van der Waals surface area contributed by atoms with Gasteiger partial charge >= 0.3 is 5.63 Å². The molecular weight excluding hydrogens is 330 g/mol. The summed E-state index contributed by atoms with van der Waals surface area (Å²) in [6.07, 6.45) is 1.08. The van der Waals surface area contributed by atoms with Crippen molar-refractivity contribution < 1.29 is 17.6 Å². The highest BCUT2D eigenvalue weighted by Crippen LogP contribution is 2.19. The van der Waals surface area contributed by atoms with Crippen molar-refractivity contribution >= 4 is 32.4 Å². The summed E-state index contributed by atoms with van der Waals surface area (Å²) < 4.78 is 28.2. The monoisotopic (exact) mass is 343 g/mol. The number of rotatable bonds is 3. The van der Waals surface area contributed by atoms with E-state index in [0.717, 1.165) is 6.26 Å². The molecule has 6 nitrogen and oxygen atoms in total. The molecule has 0 saturated carbocycles. The molecule has 0 unspecified atom stereocenters. The highest BCUT2D eigenvalue weighted by molar-refractivity contribution is 7.90. The van der Waals surface area contributed by atoms with Crippen LogP contribution in [0.25, 0.3) is 11.0 Å². The number of carbonyl (C=O) groups is 1. The van der Waals surface area contributed by atoms with Crippen LogP contribution in [0.3, 0.4) is 0 Å². The molecule has 1 aromatic heterocycles. The first-order valence-electron chi connectivity index (χ1n) is 6.98. The van der Waals surface area contributed by atoms with Gasteiger partial charge in [-0.1, -0.05) is 6.07 Å². The maximum atomic E-state index is 12.3. The fourth-order valence-electron chi connectivity index (χ4n) is 2.22. The Labute approximate surface area is 137 Å². The zero-order valence-corrected chi connectivity index (χ0v) is 13.5. The molecule has 0 spiro atoms. The summed E-state index contributed by atoms with van der Waals surface area (Å²) in [7, 11) is -3.39. The molecule has 0 aliphatic rings. The molecule has 1 amide bonds. The van der Waals surface area contributed by atoms with E-state index in [1.54, 1.807) is 24.3 Å². The number of benzene rings is 2. The highest BCUT2D eigenvalue weighted by Gasteiger charge is 2.12. The number of nitrogens with one attached hydrogen (secondary N) is 1. The van der Waals surface area contributed by atoms with Crippen LogP contribution in [0.1, 0.15) is 10.4 Å². The van der Waals surface area contributed by atoms with Crippen molar-refractivity contribution in [1.82, 2.24) is 0 Å². The third kappa shape index (κ3) is 3.36. The summed E-state index contributed by atoms with van der Waals surface area (Å²) in [6, 6.07) is 13.5. The Morgan fingerprint density at radius 1 is 1.04 bits per heavy atom. The van der Waals surface area contributed by atoms with Crippen molar-refractivity contribution in [1.29, 1.82) is 0 Å². The summed E-state index contributed by atoms with van der Waals surface area (Å²) in [4.78, 5) is 23.5. The van der Waals surface area contributed by atoms with E-state index in [2.05, 4.69) is 5.32 Å². The van der Waals surface area contributed by atoms with Crippen molar-refractivity contribution in [3.8, 4) is 0 Å². The van der Waals surface area contributed by atoms with Gasteiger partial charge in [-0.25, -0.2) is 13.2 Å². The van der Waals surface area contributed by atoms with Gasteiger partial charge in [0.05, 0.1) is 4.90 Å². The molecule has 3 rings (SSSR count). The second-order valence-electron chi connectivity index (χ2n) is 5.26. The number of carbonyl (C=O) groups excluding carboxylic acids is 1. The van der Waals surface area contributed by atoms with Gasteiger partial charge in [-0.3, -0.25) is 4.79 Å². The second-order valence-corrected chi connectivity index (χ2v) is 7.28. The normalized spacial score (nSPS) is 11.4. The van der Waals surface area contributed by atoms with E-state index in [0.29, 0.717) is 16.7 Å². The molecule has 1 N–H and O–H groups in total. The lowest BCUT2D eigenvalue weighted by atomic mass is 10.2. The lowest BCUT2D eigenvalue weighted by Gasteiger charge is -2.07. The fourth-order valence-corrected chi connectivity index (χ4v) is 2.89. The number of anilines is 1. The Hall–Kier alpha value is -2.93. The van der Waals surface area contributed by atoms with Gasteiger partial charge in [0.15, 0.2) is 9.84 Å². The molecule has 0 bridgehead atoms. The average Bonchev–Trinajstić information content (AvgIpc) is 2.54. The molecule has 0 saturated heterocycles. The Kier molecular flexibility index (Phi) is 3.94. The average molecular weight is 343 g/mol. The van der Waals surface area contributed by atoms with E-state index in [4.69, 9.17) is 4.42 Å². The summed E-state index contributed by atoms with van der Waals surface area (Å²) in [5.74, 6) is -0.433. The number of fused-ring (bicyclic) bond motifs is 1. The smallest absolute Gasteiger partial charge is 0.336 e. The van der Waals surface area contributed by atoms with Crippen LogP contribution >= 0.6 is 0 Å². The lowest BCUT2D eigenvalue weighted by molar-refractivity contribution is 0.102. The predicted octanol–water partition coefficient (Wildman–Crippen LogP) is 2.45. The summed E-state index contributed by atoms with van der Waals surface area (Å²) >= 11 is 0. The van der Waals surface area contributed by atoms with Crippen LogP contribution in [0.5, 0.6) is 0 Å². The van der Waals surface area contributed by atoms with Gasteiger partial charge in [0.25, 0.3) is 5.91 Å². The van der Waals surface area contributed by atoms with Gasteiger partial charge in [-0.05, 0) is 42.5 Å². The third-order valence-corrected chi connectivity index (χ3v) is 4.51. The Bertz CT molecular complexity index is 1100. The minimum atomic E-state index is -3.39. The molecule has 0 radical (unpaired) electrons. The van der Waals surface area contributed by atoms with Crippen LogP contribution in [-0.4, -0.2) is 20.6 Å². The fraction of sp³-hybridized carbons (Fsp3) is 0.0588. The number of hydrogen-bond donors (Lipinski definition) is 1. The van der Waals surface area contributed by atoms with Crippen molar-refractivity contribution in [2.24, 2.45) is 0 Å². The molecule has 24 heavy (non-hydrogen) atoms. The van der Waals surface area contributed by atoms with Crippen LogP contribution in [0.4, 0.5) is 5.69 Å². The molecule has 0 atom stereocenters. The van der Waals surface area contributed by atoms with Crippen molar-refractivity contribution in [3.63, 3.8) is 0 Å². The zero-order chi connectivity index (χ0) is 17.3. The van der Waals surface area contributed by atoms with Crippen LogP contribution in [-0.2, 0) is 9.84 Å². The van der Waals surface area contributed by atoms with E-state index >= 15 is 0 Å². The van der Waals surface area contributed by atoms with Crippen LogP contribution in [0.15, 0.2) is 68.7 Å². The molecular formula is C17H13NO5S. The van der Waals surface area contributed by atoms with E-state index in [1.807, 2.05) is 0 Å². The first-order chi connectivity index (χ1) is 11.3. The number of amides is 1. The molecule has 1 heterocycles. The topological polar surface area (TPSA) is 93.4 Å². The summed E-state index contributed by atoms with van der Waals surface area (Å²) in [6.45, 7) is 0. The van der Waals surface area contributed by atoms with Gasteiger partial charge in [0, 0.05) is 29.0 Å². The third-order valence-electron chi connectivity index (χ3n) is 3.40. The Balaban J connectivity index is 1.90. The number of hydrogen-bond acceptors (Lipinski definition) is 5. The molecule has 0 aliphatic carbocycles. The maximum Gasteiger partial charge on any atom is 0.336 e. The zero-order valence-electron chi connectivity index (χ0n) is 12.6. The molecule has 3 aromatic rings. The largest absolute Gasteiger partial charge is 0.423 e. The molecule has 0 fully saturated rings. The molecule has 7 heteroatoms. The van der Waals surface area contributed by atoms with Crippen LogP contribution < -0.4 is 10.9 Å². The first kappa shape index (κ1) is 15.9.